The molecule has 9 heteroatoms. The number of rotatable bonds is 23. The molecule has 26 heavy (non-hydrogen) atoms. The molecule has 0 heterocycles. The normalized spacial score (nSPS) is 11.3. The third kappa shape index (κ3) is 23.6. The Morgan fingerprint density at radius 3 is 0.846 bits per heavy atom. The molecule has 0 saturated carbocycles. The molecule has 0 rings (SSSR count). The van der Waals surface area contributed by atoms with Gasteiger partial charge in [-0.3, -0.25) is 0 Å². The van der Waals surface area contributed by atoms with Gasteiger partial charge in [-0.25, -0.2) is 0 Å². The van der Waals surface area contributed by atoms with E-state index in [0.29, 0.717) is 6.54 Å². The summed E-state index contributed by atoms with van der Waals surface area (Å²) in [6.45, 7) is 15.8. The van der Waals surface area contributed by atoms with Gasteiger partial charge in [-0.1, -0.05) is 0 Å². The van der Waals surface area contributed by atoms with Crippen molar-refractivity contribution in [2.45, 2.75) is 0 Å². The molecule has 0 aromatic carbocycles. The molecule has 0 amide bonds. The van der Waals surface area contributed by atoms with E-state index in [2.05, 4.69) is 42.5 Å². The summed E-state index contributed by atoms with van der Waals surface area (Å²) < 4.78 is 0. The Hall–Kier alpha value is -0.360. The lowest BCUT2D eigenvalue weighted by atomic mass is 10.5. The third-order valence-electron chi connectivity index (χ3n) is 3.74. The van der Waals surface area contributed by atoms with Crippen LogP contribution in [0.2, 0.25) is 0 Å². The molecule has 0 radical (unpaired) electrons. The standard InChI is InChI=1S/C17H45N9/c1-19-4-5-21-8-9-23-12-13-25-16-17-26-15-14-24-11-10-22-7-6-20-3-2-18/h19-26H,2-18H2,1H3. The van der Waals surface area contributed by atoms with Gasteiger partial charge in [0, 0.05) is 105 Å². The van der Waals surface area contributed by atoms with E-state index in [4.69, 9.17) is 5.73 Å². The molecule has 0 aliphatic carbocycles. The number of nitrogens with two attached hydrogens (primary N) is 1. The minimum Gasteiger partial charge on any atom is -0.329 e. The van der Waals surface area contributed by atoms with Gasteiger partial charge in [0.1, 0.15) is 0 Å². The first kappa shape index (κ1) is 25.6. The Kier molecular flexibility index (Phi) is 24.3. The van der Waals surface area contributed by atoms with Crippen molar-refractivity contribution in [1.82, 2.24) is 42.5 Å². The maximum atomic E-state index is 5.41. The second-order valence-electron chi connectivity index (χ2n) is 6.14. The fourth-order valence-corrected chi connectivity index (χ4v) is 2.25. The van der Waals surface area contributed by atoms with E-state index in [-0.39, 0.29) is 0 Å². The second-order valence-corrected chi connectivity index (χ2v) is 6.14. The predicted octanol–water partition coefficient (Wildman–Crippen LogP) is -3.71. The number of likely N-dealkylation sites (N-methyl/N-ethyl adjacent to an activating group) is 1. The SMILES string of the molecule is CNCCNCCNCCNCCNCCNCCNCCNCCN. The predicted molar refractivity (Wildman–Crippen MR) is 113 cm³/mol. The van der Waals surface area contributed by atoms with Crippen molar-refractivity contribution in [1.29, 1.82) is 0 Å². The van der Waals surface area contributed by atoms with E-state index < -0.39 is 0 Å². The fourth-order valence-electron chi connectivity index (χ4n) is 2.25. The van der Waals surface area contributed by atoms with Crippen molar-refractivity contribution in [2.24, 2.45) is 5.73 Å². The number of nitrogens with one attached hydrogen (secondary N) is 8. The molecule has 0 aliphatic heterocycles. The van der Waals surface area contributed by atoms with Crippen molar-refractivity contribution < 1.29 is 0 Å². The summed E-state index contributed by atoms with van der Waals surface area (Å²) in [6.07, 6.45) is 0. The second kappa shape index (κ2) is 24.6. The van der Waals surface area contributed by atoms with E-state index in [1.54, 1.807) is 0 Å². The van der Waals surface area contributed by atoms with Gasteiger partial charge < -0.3 is 48.3 Å². The van der Waals surface area contributed by atoms with Gasteiger partial charge in [-0.2, -0.15) is 0 Å². The summed E-state index contributed by atoms with van der Waals surface area (Å²) in [4.78, 5) is 0. The van der Waals surface area contributed by atoms with E-state index in [1.165, 1.54) is 0 Å². The summed E-state index contributed by atoms with van der Waals surface area (Å²) in [6, 6.07) is 0. The average Bonchev–Trinajstić information content (AvgIpc) is 2.66. The molecule has 0 bridgehead atoms. The minimum absolute atomic E-state index is 0.704. The highest BCUT2D eigenvalue weighted by molar-refractivity contribution is 4.59. The van der Waals surface area contributed by atoms with E-state index in [0.717, 1.165) is 98.2 Å². The van der Waals surface area contributed by atoms with Crippen molar-refractivity contribution in [2.75, 3.05) is 112 Å². The van der Waals surface area contributed by atoms with Gasteiger partial charge in [0.2, 0.25) is 0 Å². The monoisotopic (exact) mass is 375 g/mol. The van der Waals surface area contributed by atoms with Crippen LogP contribution in [-0.2, 0) is 0 Å². The lowest BCUT2D eigenvalue weighted by Crippen LogP contribution is -2.38. The Bertz CT molecular complexity index is 220. The Morgan fingerprint density at radius 2 is 0.615 bits per heavy atom. The van der Waals surface area contributed by atoms with Crippen LogP contribution in [0.15, 0.2) is 0 Å². The topological polar surface area (TPSA) is 122 Å². The van der Waals surface area contributed by atoms with Gasteiger partial charge in [0.15, 0.2) is 0 Å². The van der Waals surface area contributed by atoms with Gasteiger partial charge in [-0.05, 0) is 7.05 Å². The van der Waals surface area contributed by atoms with Crippen LogP contribution >= 0.6 is 0 Å². The zero-order valence-corrected chi connectivity index (χ0v) is 16.9. The lowest BCUT2D eigenvalue weighted by Gasteiger charge is -2.09. The zero-order chi connectivity index (χ0) is 19.0. The smallest absolute Gasteiger partial charge is 0.00772 e. The first-order valence-electron chi connectivity index (χ1n) is 10.2. The highest BCUT2D eigenvalue weighted by atomic mass is 15.0. The average molecular weight is 376 g/mol. The highest BCUT2D eigenvalue weighted by Gasteiger charge is 1.91. The molecule has 0 unspecified atom stereocenters. The first-order chi connectivity index (χ1) is 12.9. The Balaban J connectivity index is 2.95. The molecular formula is C17H45N9. The van der Waals surface area contributed by atoms with E-state index in [9.17, 15) is 0 Å². The molecule has 0 aromatic heterocycles. The van der Waals surface area contributed by atoms with Gasteiger partial charge in [0.25, 0.3) is 0 Å². The maximum Gasteiger partial charge on any atom is 0.00772 e. The minimum atomic E-state index is 0.704. The van der Waals surface area contributed by atoms with Gasteiger partial charge in [-0.15, -0.1) is 0 Å². The molecule has 0 atom stereocenters. The van der Waals surface area contributed by atoms with E-state index in [1.807, 2.05) is 7.05 Å². The summed E-state index contributed by atoms with van der Waals surface area (Å²) in [5.74, 6) is 0. The van der Waals surface area contributed by atoms with Crippen LogP contribution in [0, 0.1) is 0 Å². The first-order valence-corrected chi connectivity index (χ1v) is 10.2. The Labute approximate surface area is 160 Å². The van der Waals surface area contributed by atoms with Crippen LogP contribution in [0.25, 0.3) is 0 Å². The highest BCUT2D eigenvalue weighted by Crippen LogP contribution is 1.65. The molecule has 0 aromatic rings. The van der Waals surface area contributed by atoms with Crippen LogP contribution < -0.4 is 48.3 Å². The van der Waals surface area contributed by atoms with Crippen LogP contribution in [-0.4, -0.2) is 112 Å². The number of hydrogen-bond donors (Lipinski definition) is 9. The molecule has 0 spiro atoms. The molecule has 9 nitrogen and oxygen atoms in total. The van der Waals surface area contributed by atoms with E-state index >= 15 is 0 Å². The van der Waals surface area contributed by atoms with Crippen LogP contribution in [0.3, 0.4) is 0 Å². The summed E-state index contributed by atoms with van der Waals surface area (Å²) in [7, 11) is 1.97. The molecule has 0 fully saturated rings. The van der Waals surface area contributed by atoms with Crippen LogP contribution in [0.1, 0.15) is 0 Å². The van der Waals surface area contributed by atoms with Gasteiger partial charge in [0.05, 0.1) is 0 Å². The zero-order valence-electron chi connectivity index (χ0n) is 16.9. The van der Waals surface area contributed by atoms with Crippen molar-refractivity contribution in [3.8, 4) is 0 Å². The molecule has 0 aliphatic rings. The summed E-state index contributed by atoms with van der Waals surface area (Å²) >= 11 is 0. The fraction of sp³-hybridized carbons (Fsp3) is 1.00. The van der Waals surface area contributed by atoms with Crippen LogP contribution in [0.4, 0.5) is 0 Å². The largest absolute Gasteiger partial charge is 0.329 e. The molecule has 10 N–H and O–H groups in total. The molecule has 0 saturated heterocycles. The maximum absolute atomic E-state index is 5.41. The molecule has 158 valence electrons. The van der Waals surface area contributed by atoms with Crippen molar-refractivity contribution in [3.63, 3.8) is 0 Å². The van der Waals surface area contributed by atoms with Crippen LogP contribution in [0.5, 0.6) is 0 Å². The molecular weight excluding hydrogens is 330 g/mol. The Morgan fingerprint density at radius 1 is 0.385 bits per heavy atom. The quantitative estimate of drug-likeness (QED) is 0.0830. The number of hydrogen-bond acceptors (Lipinski definition) is 9. The van der Waals surface area contributed by atoms with Gasteiger partial charge >= 0.3 is 0 Å². The summed E-state index contributed by atoms with van der Waals surface area (Å²) in [5, 5.41) is 26.9. The summed E-state index contributed by atoms with van der Waals surface area (Å²) in [5.41, 5.74) is 5.41. The van der Waals surface area contributed by atoms with Crippen molar-refractivity contribution >= 4 is 0 Å². The lowest BCUT2D eigenvalue weighted by molar-refractivity contribution is 0.548. The van der Waals surface area contributed by atoms with Crippen molar-refractivity contribution in [3.05, 3.63) is 0 Å². The third-order valence-corrected chi connectivity index (χ3v) is 3.74.